The molecule has 3 heterocycles. The number of piperidine rings is 1. The molecule has 0 bridgehead atoms. The average molecular weight is 363 g/mol. The lowest BCUT2D eigenvalue weighted by Crippen LogP contribution is -2.41. The molecule has 1 atom stereocenters. The second-order valence-electron chi connectivity index (χ2n) is 6.34. The van der Waals surface area contributed by atoms with Crippen molar-refractivity contribution in [3.8, 4) is 0 Å². The lowest BCUT2D eigenvalue weighted by Gasteiger charge is -2.32. The summed E-state index contributed by atoms with van der Waals surface area (Å²) < 4.78 is 1.56. The Balaban J connectivity index is 1.52. The standard InChI is InChI=1S/C16H21N5O3S/c1-11-14(25-10-17-11)4-5-15(22)20-6-2-3-12(7-20)8-21-9-13(16(23)24)18-19-21/h9-10,12H,2-8H2,1H3,(H,23,24)/t12-/m0/s1. The fourth-order valence-electron chi connectivity index (χ4n) is 3.14. The molecule has 3 rings (SSSR count). The van der Waals surface area contributed by atoms with Crippen molar-refractivity contribution >= 4 is 23.2 Å². The molecule has 1 amide bonds. The average Bonchev–Trinajstić information content (AvgIpc) is 3.22. The number of carbonyl (C=O) groups is 2. The number of amides is 1. The smallest absolute Gasteiger partial charge is 0.358 e. The quantitative estimate of drug-likeness (QED) is 0.837. The molecule has 0 unspecified atom stereocenters. The molecule has 1 aliphatic rings. The minimum Gasteiger partial charge on any atom is -0.476 e. The number of aryl methyl sites for hydroxylation is 2. The van der Waals surface area contributed by atoms with Crippen LogP contribution in [-0.2, 0) is 17.8 Å². The number of carboxylic acids is 1. The number of thiazole rings is 1. The maximum atomic E-state index is 12.5. The third kappa shape index (κ3) is 4.41. The summed E-state index contributed by atoms with van der Waals surface area (Å²) in [4.78, 5) is 30.7. The second kappa shape index (κ2) is 7.73. The molecule has 1 aliphatic heterocycles. The van der Waals surface area contributed by atoms with Gasteiger partial charge in [-0.25, -0.2) is 9.78 Å². The van der Waals surface area contributed by atoms with E-state index in [9.17, 15) is 9.59 Å². The monoisotopic (exact) mass is 363 g/mol. The van der Waals surface area contributed by atoms with Crippen LogP contribution < -0.4 is 0 Å². The topological polar surface area (TPSA) is 101 Å². The van der Waals surface area contributed by atoms with E-state index in [0.717, 1.165) is 31.5 Å². The minimum atomic E-state index is -1.08. The zero-order valence-corrected chi connectivity index (χ0v) is 14.9. The first-order valence-corrected chi connectivity index (χ1v) is 9.21. The first kappa shape index (κ1) is 17.5. The first-order chi connectivity index (χ1) is 12.0. The minimum absolute atomic E-state index is 0.0522. The number of rotatable bonds is 6. The van der Waals surface area contributed by atoms with Gasteiger partial charge in [-0.1, -0.05) is 5.21 Å². The summed E-state index contributed by atoms with van der Waals surface area (Å²) in [5, 5.41) is 16.4. The van der Waals surface area contributed by atoms with E-state index in [2.05, 4.69) is 15.3 Å². The van der Waals surface area contributed by atoms with Gasteiger partial charge in [-0.05, 0) is 32.1 Å². The number of hydrogen-bond donors (Lipinski definition) is 1. The maximum Gasteiger partial charge on any atom is 0.358 e. The van der Waals surface area contributed by atoms with Crippen LogP contribution in [0, 0.1) is 12.8 Å². The molecule has 8 nitrogen and oxygen atoms in total. The van der Waals surface area contributed by atoms with Crippen LogP contribution in [0.4, 0.5) is 0 Å². The van der Waals surface area contributed by atoms with Crippen LogP contribution in [0.1, 0.15) is 40.3 Å². The summed E-state index contributed by atoms with van der Waals surface area (Å²) in [6, 6.07) is 0. The Hall–Kier alpha value is -2.29. The molecular weight excluding hydrogens is 342 g/mol. The van der Waals surface area contributed by atoms with E-state index in [0.29, 0.717) is 19.5 Å². The SMILES string of the molecule is Cc1ncsc1CCC(=O)N1CCC[C@H](Cn2cc(C(=O)O)nn2)C1. The number of likely N-dealkylation sites (tertiary alicyclic amines) is 1. The summed E-state index contributed by atoms with van der Waals surface area (Å²) in [7, 11) is 0. The van der Waals surface area contributed by atoms with Crippen molar-refractivity contribution in [2.75, 3.05) is 13.1 Å². The lowest BCUT2D eigenvalue weighted by atomic mass is 9.97. The number of hydrogen-bond acceptors (Lipinski definition) is 6. The largest absolute Gasteiger partial charge is 0.476 e. The molecular formula is C16H21N5O3S. The molecule has 2 aromatic rings. The van der Waals surface area contributed by atoms with Crippen LogP contribution in [-0.4, -0.2) is 55.0 Å². The Bertz CT molecular complexity index is 757. The van der Waals surface area contributed by atoms with Crippen molar-refractivity contribution in [3.63, 3.8) is 0 Å². The van der Waals surface area contributed by atoms with Crippen molar-refractivity contribution in [2.45, 2.75) is 39.2 Å². The highest BCUT2D eigenvalue weighted by atomic mass is 32.1. The summed E-state index contributed by atoms with van der Waals surface area (Å²) >= 11 is 1.60. The molecule has 1 N–H and O–H groups in total. The highest BCUT2D eigenvalue weighted by Crippen LogP contribution is 2.20. The van der Waals surface area contributed by atoms with Gasteiger partial charge in [0.25, 0.3) is 0 Å². The molecule has 25 heavy (non-hydrogen) atoms. The Morgan fingerprint density at radius 2 is 2.28 bits per heavy atom. The highest BCUT2D eigenvalue weighted by Gasteiger charge is 2.24. The summed E-state index contributed by atoms with van der Waals surface area (Å²) in [5.74, 6) is -0.640. The van der Waals surface area contributed by atoms with Gasteiger partial charge in [-0.2, -0.15) is 0 Å². The summed E-state index contributed by atoms with van der Waals surface area (Å²) in [6.07, 6.45) is 4.63. The van der Waals surface area contributed by atoms with E-state index in [1.807, 2.05) is 17.3 Å². The molecule has 2 aromatic heterocycles. The Morgan fingerprint density at radius 1 is 1.44 bits per heavy atom. The van der Waals surface area contributed by atoms with Gasteiger partial charge in [0.2, 0.25) is 5.91 Å². The number of carbonyl (C=O) groups excluding carboxylic acids is 1. The van der Waals surface area contributed by atoms with E-state index in [1.165, 1.54) is 11.1 Å². The zero-order chi connectivity index (χ0) is 17.8. The fraction of sp³-hybridized carbons (Fsp3) is 0.562. The van der Waals surface area contributed by atoms with E-state index in [1.54, 1.807) is 16.0 Å². The Labute approximate surface area is 149 Å². The van der Waals surface area contributed by atoms with Crippen LogP contribution in [0.2, 0.25) is 0 Å². The van der Waals surface area contributed by atoms with E-state index in [4.69, 9.17) is 5.11 Å². The Kier molecular flexibility index (Phi) is 5.42. The number of nitrogens with zero attached hydrogens (tertiary/aromatic N) is 5. The number of aromatic carboxylic acids is 1. The third-order valence-electron chi connectivity index (χ3n) is 4.49. The van der Waals surface area contributed by atoms with Gasteiger partial charge in [-0.3, -0.25) is 9.48 Å². The maximum absolute atomic E-state index is 12.5. The van der Waals surface area contributed by atoms with Crippen molar-refractivity contribution in [2.24, 2.45) is 5.92 Å². The molecule has 1 fully saturated rings. The van der Waals surface area contributed by atoms with Gasteiger partial charge in [0, 0.05) is 30.9 Å². The van der Waals surface area contributed by atoms with Gasteiger partial charge in [0.05, 0.1) is 17.4 Å². The van der Waals surface area contributed by atoms with Crippen LogP contribution in [0.15, 0.2) is 11.7 Å². The molecule has 134 valence electrons. The van der Waals surface area contributed by atoms with Gasteiger partial charge in [0.1, 0.15) is 0 Å². The predicted octanol–water partition coefficient (Wildman–Crippen LogP) is 1.61. The predicted molar refractivity (Wildman–Crippen MR) is 91.5 cm³/mol. The second-order valence-corrected chi connectivity index (χ2v) is 7.28. The lowest BCUT2D eigenvalue weighted by molar-refractivity contribution is -0.133. The molecule has 0 spiro atoms. The van der Waals surface area contributed by atoms with Crippen LogP contribution >= 0.6 is 11.3 Å². The van der Waals surface area contributed by atoms with Gasteiger partial charge in [0.15, 0.2) is 5.69 Å². The van der Waals surface area contributed by atoms with Crippen LogP contribution in [0.25, 0.3) is 0 Å². The summed E-state index contributed by atoms with van der Waals surface area (Å²) in [6.45, 7) is 4.02. The molecule has 0 aliphatic carbocycles. The zero-order valence-electron chi connectivity index (χ0n) is 14.1. The molecule has 0 saturated carbocycles. The van der Waals surface area contributed by atoms with E-state index >= 15 is 0 Å². The molecule has 9 heteroatoms. The van der Waals surface area contributed by atoms with Crippen molar-refractivity contribution in [1.82, 2.24) is 24.9 Å². The fourth-order valence-corrected chi connectivity index (χ4v) is 3.92. The van der Waals surface area contributed by atoms with E-state index < -0.39 is 5.97 Å². The Morgan fingerprint density at radius 3 is 2.96 bits per heavy atom. The summed E-state index contributed by atoms with van der Waals surface area (Å²) in [5.41, 5.74) is 2.77. The van der Waals surface area contributed by atoms with Crippen molar-refractivity contribution in [1.29, 1.82) is 0 Å². The van der Waals surface area contributed by atoms with E-state index in [-0.39, 0.29) is 17.5 Å². The van der Waals surface area contributed by atoms with Gasteiger partial charge >= 0.3 is 5.97 Å². The number of aromatic nitrogens is 4. The highest BCUT2D eigenvalue weighted by molar-refractivity contribution is 7.09. The van der Waals surface area contributed by atoms with Gasteiger partial charge in [-0.15, -0.1) is 16.4 Å². The normalized spacial score (nSPS) is 17.6. The van der Waals surface area contributed by atoms with Gasteiger partial charge < -0.3 is 10.0 Å². The van der Waals surface area contributed by atoms with Crippen molar-refractivity contribution in [3.05, 3.63) is 28.0 Å². The third-order valence-corrected chi connectivity index (χ3v) is 5.48. The molecule has 0 radical (unpaired) electrons. The first-order valence-electron chi connectivity index (χ1n) is 8.33. The number of carboxylic acid groups (broad SMARTS) is 1. The van der Waals surface area contributed by atoms with Crippen molar-refractivity contribution < 1.29 is 14.7 Å². The molecule has 0 aromatic carbocycles. The van der Waals surface area contributed by atoms with Crippen LogP contribution in [0.5, 0.6) is 0 Å². The van der Waals surface area contributed by atoms with Crippen LogP contribution in [0.3, 0.4) is 0 Å². The molecule has 1 saturated heterocycles.